The molecule has 0 amide bonds. The SMILES string of the molecule is Cc1ccc(S(=O)(=O)N[C@H]2CCC[C@H](C)[C@@H]2C)cc1C. The van der Waals surface area contributed by atoms with Crippen LogP contribution in [0.2, 0.25) is 0 Å². The molecule has 20 heavy (non-hydrogen) atoms. The molecule has 1 saturated carbocycles. The maximum atomic E-state index is 12.5. The van der Waals surface area contributed by atoms with Gasteiger partial charge in [-0.25, -0.2) is 13.1 Å². The zero-order chi connectivity index (χ0) is 14.9. The molecule has 0 saturated heterocycles. The number of sulfonamides is 1. The van der Waals surface area contributed by atoms with Gasteiger partial charge in [0.25, 0.3) is 0 Å². The molecule has 1 N–H and O–H groups in total. The lowest BCUT2D eigenvalue weighted by Crippen LogP contribution is -2.43. The number of rotatable bonds is 3. The van der Waals surface area contributed by atoms with E-state index in [4.69, 9.17) is 0 Å². The van der Waals surface area contributed by atoms with E-state index in [1.165, 1.54) is 6.42 Å². The highest BCUT2D eigenvalue weighted by atomic mass is 32.2. The van der Waals surface area contributed by atoms with Crippen LogP contribution in [0.3, 0.4) is 0 Å². The monoisotopic (exact) mass is 295 g/mol. The van der Waals surface area contributed by atoms with Crippen molar-refractivity contribution in [2.75, 3.05) is 0 Å². The first-order valence-corrected chi connectivity index (χ1v) is 8.89. The van der Waals surface area contributed by atoms with Gasteiger partial charge in [-0.1, -0.05) is 32.8 Å². The Morgan fingerprint density at radius 2 is 1.80 bits per heavy atom. The number of nitrogens with one attached hydrogen (secondary N) is 1. The van der Waals surface area contributed by atoms with Gasteiger partial charge in [-0.3, -0.25) is 0 Å². The third kappa shape index (κ3) is 3.23. The van der Waals surface area contributed by atoms with Crippen molar-refractivity contribution in [2.24, 2.45) is 11.8 Å². The molecular formula is C16H25NO2S. The quantitative estimate of drug-likeness (QED) is 0.929. The van der Waals surface area contributed by atoms with Crippen molar-refractivity contribution in [3.63, 3.8) is 0 Å². The number of aryl methyl sites for hydroxylation is 2. The van der Waals surface area contributed by atoms with Crippen molar-refractivity contribution in [1.29, 1.82) is 0 Å². The van der Waals surface area contributed by atoms with Gasteiger partial charge >= 0.3 is 0 Å². The molecular weight excluding hydrogens is 270 g/mol. The molecule has 3 atom stereocenters. The second-order valence-corrected chi connectivity index (χ2v) is 7.96. The number of benzene rings is 1. The maximum Gasteiger partial charge on any atom is 0.240 e. The molecule has 0 radical (unpaired) electrons. The van der Waals surface area contributed by atoms with Crippen molar-refractivity contribution in [2.45, 2.75) is 57.9 Å². The van der Waals surface area contributed by atoms with Crippen molar-refractivity contribution in [1.82, 2.24) is 4.72 Å². The average Bonchev–Trinajstić information content (AvgIpc) is 2.38. The zero-order valence-electron chi connectivity index (χ0n) is 12.8. The van der Waals surface area contributed by atoms with E-state index in [1.54, 1.807) is 12.1 Å². The van der Waals surface area contributed by atoms with Crippen LogP contribution < -0.4 is 4.72 Å². The Kier molecular flexibility index (Phi) is 4.55. The second kappa shape index (κ2) is 5.86. The van der Waals surface area contributed by atoms with E-state index in [2.05, 4.69) is 18.6 Å². The van der Waals surface area contributed by atoms with Gasteiger partial charge in [0.1, 0.15) is 0 Å². The van der Waals surface area contributed by atoms with Crippen molar-refractivity contribution < 1.29 is 8.42 Å². The van der Waals surface area contributed by atoms with Crippen molar-refractivity contribution >= 4 is 10.0 Å². The zero-order valence-corrected chi connectivity index (χ0v) is 13.6. The molecule has 1 aliphatic carbocycles. The summed E-state index contributed by atoms with van der Waals surface area (Å²) >= 11 is 0. The summed E-state index contributed by atoms with van der Waals surface area (Å²) in [7, 11) is -3.41. The van der Waals surface area contributed by atoms with E-state index in [0.717, 1.165) is 24.0 Å². The Hall–Kier alpha value is -0.870. The molecule has 0 aromatic heterocycles. The molecule has 0 heterocycles. The Morgan fingerprint density at radius 1 is 1.10 bits per heavy atom. The van der Waals surface area contributed by atoms with E-state index in [1.807, 2.05) is 19.9 Å². The fourth-order valence-corrected chi connectivity index (χ4v) is 4.34. The Balaban J connectivity index is 2.20. The van der Waals surface area contributed by atoms with Crippen LogP contribution in [0.5, 0.6) is 0 Å². The highest BCUT2D eigenvalue weighted by Crippen LogP contribution is 2.30. The first-order chi connectivity index (χ1) is 9.31. The number of hydrogen-bond acceptors (Lipinski definition) is 2. The van der Waals surface area contributed by atoms with E-state index in [9.17, 15) is 8.42 Å². The summed E-state index contributed by atoms with van der Waals surface area (Å²) in [5, 5.41) is 0. The third-order valence-corrected chi connectivity index (χ3v) is 6.29. The van der Waals surface area contributed by atoms with E-state index < -0.39 is 10.0 Å². The number of hydrogen-bond donors (Lipinski definition) is 1. The Labute approximate surface area is 122 Å². The van der Waals surface area contributed by atoms with E-state index in [-0.39, 0.29) is 6.04 Å². The summed E-state index contributed by atoms with van der Waals surface area (Å²) in [6.45, 7) is 8.29. The summed E-state index contributed by atoms with van der Waals surface area (Å²) in [6, 6.07) is 5.39. The third-order valence-electron chi connectivity index (χ3n) is 4.80. The predicted molar refractivity (Wildman–Crippen MR) is 82.2 cm³/mol. The molecule has 4 heteroatoms. The van der Waals surface area contributed by atoms with Crippen LogP contribution in [0, 0.1) is 25.7 Å². The first-order valence-electron chi connectivity index (χ1n) is 7.41. The average molecular weight is 295 g/mol. The van der Waals surface area contributed by atoms with Gasteiger partial charge in [0, 0.05) is 6.04 Å². The fourth-order valence-electron chi connectivity index (χ4n) is 2.90. The van der Waals surface area contributed by atoms with Crippen molar-refractivity contribution in [3.05, 3.63) is 29.3 Å². The lowest BCUT2D eigenvalue weighted by atomic mass is 9.78. The largest absolute Gasteiger partial charge is 0.240 e. The van der Waals surface area contributed by atoms with Crippen LogP contribution in [-0.2, 0) is 10.0 Å². The van der Waals surface area contributed by atoms with Crippen LogP contribution in [0.4, 0.5) is 0 Å². The Bertz CT molecular complexity index is 580. The van der Waals surface area contributed by atoms with Gasteiger partial charge in [-0.15, -0.1) is 0 Å². The minimum absolute atomic E-state index is 0.0605. The van der Waals surface area contributed by atoms with Crippen LogP contribution in [-0.4, -0.2) is 14.5 Å². The molecule has 0 aliphatic heterocycles. The maximum absolute atomic E-state index is 12.5. The molecule has 2 rings (SSSR count). The van der Waals surface area contributed by atoms with Gasteiger partial charge in [-0.05, 0) is 55.4 Å². The normalized spacial score (nSPS) is 27.5. The minimum Gasteiger partial charge on any atom is -0.208 e. The molecule has 3 nitrogen and oxygen atoms in total. The highest BCUT2D eigenvalue weighted by molar-refractivity contribution is 7.89. The summed E-state index contributed by atoms with van der Waals surface area (Å²) in [6.07, 6.45) is 3.24. The molecule has 0 spiro atoms. The van der Waals surface area contributed by atoms with E-state index in [0.29, 0.717) is 16.7 Å². The molecule has 112 valence electrons. The molecule has 1 aromatic rings. The summed E-state index contributed by atoms with van der Waals surface area (Å²) in [4.78, 5) is 0.381. The Morgan fingerprint density at radius 3 is 2.45 bits per heavy atom. The van der Waals surface area contributed by atoms with Gasteiger partial charge in [0.15, 0.2) is 0 Å². The predicted octanol–water partition coefficient (Wildman–Crippen LogP) is 3.41. The van der Waals surface area contributed by atoms with Crippen LogP contribution >= 0.6 is 0 Å². The molecule has 0 bridgehead atoms. The second-order valence-electron chi connectivity index (χ2n) is 6.24. The summed E-state index contributed by atoms with van der Waals surface area (Å²) in [5.74, 6) is 0.973. The minimum atomic E-state index is -3.41. The standard InChI is InChI=1S/C16H25NO2S/c1-11-8-9-15(10-13(11)3)20(18,19)17-16-7-5-6-12(2)14(16)4/h8-10,12,14,16-17H,5-7H2,1-4H3/t12-,14-,16-/m0/s1. The molecule has 1 fully saturated rings. The van der Waals surface area contributed by atoms with Gasteiger partial charge in [0.05, 0.1) is 4.90 Å². The fraction of sp³-hybridized carbons (Fsp3) is 0.625. The van der Waals surface area contributed by atoms with Gasteiger partial charge in [-0.2, -0.15) is 0 Å². The molecule has 1 aromatic carbocycles. The summed E-state index contributed by atoms with van der Waals surface area (Å²) < 4.78 is 27.9. The van der Waals surface area contributed by atoms with E-state index >= 15 is 0 Å². The first kappa shape index (κ1) is 15.5. The topological polar surface area (TPSA) is 46.2 Å². The lowest BCUT2D eigenvalue weighted by molar-refractivity contribution is 0.227. The van der Waals surface area contributed by atoms with Crippen LogP contribution in [0.1, 0.15) is 44.2 Å². The van der Waals surface area contributed by atoms with Crippen LogP contribution in [0.25, 0.3) is 0 Å². The molecule has 1 aliphatic rings. The smallest absolute Gasteiger partial charge is 0.208 e. The lowest BCUT2D eigenvalue weighted by Gasteiger charge is -2.34. The molecule has 0 unspecified atom stereocenters. The van der Waals surface area contributed by atoms with Crippen molar-refractivity contribution in [3.8, 4) is 0 Å². The van der Waals surface area contributed by atoms with Crippen LogP contribution in [0.15, 0.2) is 23.1 Å². The summed E-state index contributed by atoms with van der Waals surface area (Å²) in [5.41, 5.74) is 2.13. The van der Waals surface area contributed by atoms with Gasteiger partial charge in [0.2, 0.25) is 10.0 Å². The highest BCUT2D eigenvalue weighted by Gasteiger charge is 2.30. The van der Waals surface area contributed by atoms with Gasteiger partial charge < -0.3 is 0 Å².